The van der Waals surface area contributed by atoms with E-state index in [0.29, 0.717) is 12.8 Å². The van der Waals surface area contributed by atoms with Gasteiger partial charge >= 0.3 is 0 Å². The number of unbranched alkanes of at least 4 members (excludes halogenated alkanes) is 14. The molecule has 0 amide bonds. The molecule has 0 aliphatic carbocycles. The normalized spacial score (nSPS) is 13.0. The van der Waals surface area contributed by atoms with Gasteiger partial charge in [0.05, 0.1) is 12.2 Å². The van der Waals surface area contributed by atoms with E-state index in [9.17, 15) is 10.2 Å². The highest BCUT2D eigenvalue weighted by molar-refractivity contribution is 4.56. The highest BCUT2D eigenvalue weighted by Gasteiger charge is 2.02. The number of hydrogen-bond acceptors (Lipinski definition) is 4. The Bertz CT molecular complexity index is 258. The van der Waals surface area contributed by atoms with Crippen LogP contribution in [0.15, 0.2) is 0 Å². The molecule has 0 spiro atoms. The minimum Gasteiger partial charge on any atom is -0.396 e. The molecular weight excluding hydrogens is 376 g/mol. The van der Waals surface area contributed by atoms with Crippen molar-refractivity contribution in [2.45, 2.75) is 154 Å². The molecule has 0 fully saturated rings. The fourth-order valence-corrected chi connectivity index (χ4v) is 3.61. The highest BCUT2D eigenvalue weighted by Crippen LogP contribution is 2.12. The van der Waals surface area contributed by atoms with Crippen molar-refractivity contribution in [3.63, 3.8) is 0 Å². The summed E-state index contributed by atoms with van der Waals surface area (Å²) in [5.74, 6) is 0. The first kappa shape index (κ1) is 32.0. The number of rotatable bonds is 22. The van der Waals surface area contributed by atoms with Crippen LogP contribution < -0.4 is 0 Å². The lowest BCUT2D eigenvalue weighted by molar-refractivity contribution is 0.122. The van der Waals surface area contributed by atoms with Gasteiger partial charge in [-0.2, -0.15) is 0 Å². The molecule has 2 unspecified atom stereocenters. The second kappa shape index (κ2) is 28.8. The highest BCUT2D eigenvalue weighted by atomic mass is 16.3. The van der Waals surface area contributed by atoms with Crippen molar-refractivity contribution in [1.82, 2.24) is 0 Å². The van der Waals surface area contributed by atoms with Crippen molar-refractivity contribution in [1.29, 1.82) is 0 Å². The van der Waals surface area contributed by atoms with Gasteiger partial charge in [0, 0.05) is 13.2 Å². The minimum absolute atomic E-state index is 0.109. The van der Waals surface area contributed by atoms with Crippen molar-refractivity contribution in [2.24, 2.45) is 0 Å². The lowest BCUT2D eigenvalue weighted by Gasteiger charge is -2.07. The zero-order chi connectivity index (χ0) is 22.7. The third-order valence-electron chi connectivity index (χ3n) is 5.71. The van der Waals surface area contributed by atoms with Gasteiger partial charge in [-0.15, -0.1) is 0 Å². The summed E-state index contributed by atoms with van der Waals surface area (Å²) in [4.78, 5) is 0. The molecular formula is C26H56O4. The summed E-state index contributed by atoms with van der Waals surface area (Å²) in [7, 11) is 0. The van der Waals surface area contributed by atoms with Crippen LogP contribution in [0.3, 0.4) is 0 Å². The minimum atomic E-state index is -0.282. The van der Waals surface area contributed by atoms with Crippen LogP contribution in [-0.4, -0.2) is 45.8 Å². The Morgan fingerprint density at radius 3 is 0.933 bits per heavy atom. The monoisotopic (exact) mass is 432 g/mol. The summed E-state index contributed by atoms with van der Waals surface area (Å²) in [6, 6.07) is 0. The maximum Gasteiger partial charge on any atom is 0.0562 e. The van der Waals surface area contributed by atoms with Crippen LogP contribution >= 0.6 is 0 Å². The molecule has 0 saturated heterocycles. The Labute approximate surface area is 188 Å². The Hall–Kier alpha value is -0.160. The van der Waals surface area contributed by atoms with E-state index in [1.54, 1.807) is 0 Å². The lowest BCUT2D eigenvalue weighted by Crippen LogP contribution is -2.08. The Kier molecular flexibility index (Phi) is 30.8. The summed E-state index contributed by atoms with van der Waals surface area (Å²) in [6.45, 7) is 4.70. The van der Waals surface area contributed by atoms with Crippen molar-refractivity contribution >= 4 is 0 Å². The maximum absolute atomic E-state index is 9.36. The van der Waals surface area contributed by atoms with E-state index in [0.717, 1.165) is 25.7 Å². The molecule has 2 atom stereocenters. The van der Waals surface area contributed by atoms with E-state index in [4.69, 9.17) is 10.2 Å². The summed E-state index contributed by atoms with van der Waals surface area (Å²) >= 11 is 0. The Balaban J connectivity index is 0. The van der Waals surface area contributed by atoms with Crippen molar-refractivity contribution < 1.29 is 20.4 Å². The third-order valence-corrected chi connectivity index (χ3v) is 5.71. The van der Waals surface area contributed by atoms with Gasteiger partial charge < -0.3 is 20.4 Å². The fourth-order valence-electron chi connectivity index (χ4n) is 3.61. The number of hydrogen-bond donors (Lipinski definition) is 4. The number of aliphatic hydroxyl groups excluding tert-OH is 4. The van der Waals surface area contributed by atoms with Crippen molar-refractivity contribution in [3.05, 3.63) is 0 Å². The van der Waals surface area contributed by atoms with Gasteiger partial charge in [-0.25, -0.2) is 0 Å². The largest absolute Gasteiger partial charge is 0.396 e. The second-order valence-corrected chi connectivity index (χ2v) is 8.86. The molecule has 0 bridgehead atoms. The van der Waals surface area contributed by atoms with Crippen LogP contribution in [0.2, 0.25) is 0 Å². The molecule has 0 aromatic carbocycles. The molecule has 4 N–H and O–H groups in total. The van der Waals surface area contributed by atoms with E-state index in [1.165, 1.54) is 89.9 Å². The molecule has 184 valence electrons. The smallest absolute Gasteiger partial charge is 0.0562 e. The average molecular weight is 433 g/mol. The summed E-state index contributed by atoms with van der Waals surface area (Å²) in [5.41, 5.74) is 0. The van der Waals surface area contributed by atoms with Crippen LogP contribution in [0.1, 0.15) is 142 Å². The van der Waals surface area contributed by atoms with Crippen LogP contribution in [0.25, 0.3) is 0 Å². The predicted molar refractivity (Wildman–Crippen MR) is 130 cm³/mol. The zero-order valence-corrected chi connectivity index (χ0v) is 20.5. The summed E-state index contributed by atoms with van der Waals surface area (Å²) in [5, 5.41) is 35.9. The maximum atomic E-state index is 9.36. The standard InChI is InChI=1S/2C13H28O2/c2*1-2-3-4-5-6-7-8-9-10-13(15)11-12-14/h2*13-15H,2-12H2,1H3. The van der Waals surface area contributed by atoms with E-state index in [-0.39, 0.29) is 25.4 Å². The molecule has 0 heterocycles. The van der Waals surface area contributed by atoms with Gasteiger partial charge in [-0.1, -0.05) is 117 Å². The van der Waals surface area contributed by atoms with Crippen LogP contribution in [0.5, 0.6) is 0 Å². The molecule has 0 aromatic heterocycles. The molecule has 0 radical (unpaired) electrons. The SMILES string of the molecule is CCCCCCCCCCC(O)CCO.CCCCCCCCCCC(O)CCO. The Morgan fingerprint density at radius 2 is 0.667 bits per heavy atom. The first-order valence-corrected chi connectivity index (χ1v) is 13.2. The predicted octanol–water partition coefficient (Wildman–Crippen LogP) is 6.52. The third kappa shape index (κ3) is 30.0. The van der Waals surface area contributed by atoms with Gasteiger partial charge in [-0.3, -0.25) is 0 Å². The quantitative estimate of drug-likeness (QED) is 0.147. The average Bonchev–Trinajstić information content (AvgIpc) is 2.73. The van der Waals surface area contributed by atoms with Crippen LogP contribution in [-0.2, 0) is 0 Å². The molecule has 4 heteroatoms. The molecule has 0 saturated carbocycles. The van der Waals surface area contributed by atoms with Gasteiger partial charge in [0.25, 0.3) is 0 Å². The van der Waals surface area contributed by atoms with E-state index in [1.807, 2.05) is 0 Å². The lowest BCUT2D eigenvalue weighted by atomic mass is 10.0. The zero-order valence-electron chi connectivity index (χ0n) is 20.5. The summed E-state index contributed by atoms with van der Waals surface area (Å²) in [6.07, 6.45) is 23.0. The topological polar surface area (TPSA) is 80.9 Å². The van der Waals surface area contributed by atoms with E-state index < -0.39 is 0 Å². The first-order chi connectivity index (χ1) is 14.6. The van der Waals surface area contributed by atoms with Crippen molar-refractivity contribution in [2.75, 3.05) is 13.2 Å². The van der Waals surface area contributed by atoms with Gasteiger partial charge in [0.2, 0.25) is 0 Å². The Morgan fingerprint density at radius 1 is 0.400 bits per heavy atom. The van der Waals surface area contributed by atoms with Crippen LogP contribution in [0, 0.1) is 0 Å². The van der Waals surface area contributed by atoms with E-state index >= 15 is 0 Å². The molecule has 30 heavy (non-hydrogen) atoms. The molecule has 4 nitrogen and oxygen atoms in total. The molecule has 0 rings (SSSR count). The first-order valence-electron chi connectivity index (χ1n) is 13.2. The second-order valence-electron chi connectivity index (χ2n) is 8.86. The van der Waals surface area contributed by atoms with Crippen molar-refractivity contribution in [3.8, 4) is 0 Å². The molecule has 0 aliphatic heterocycles. The fraction of sp³-hybridized carbons (Fsp3) is 1.00. The molecule has 0 aliphatic rings. The van der Waals surface area contributed by atoms with Gasteiger partial charge in [0.15, 0.2) is 0 Å². The molecule has 0 aromatic rings. The van der Waals surface area contributed by atoms with E-state index in [2.05, 4.69) is 13.8 Å². The number of aliphatic hydroxyl groups is 4. The van der Waals surface area contributed by atoms with Crippen LogP contribution in [0.4, 0.5) is 0 Å². The van der Waals surface area contributed by atoms with Gasteiger partial charge in [0.1, 0.15) is 0 Å². The van der Waals surface area contributed by atoms with Gasteiger partial charge in [-0.05, 0) is 25.7 Å². The summed E-state index contributed by atoms with van der Waals surface area (Å²) < 4.78 is 0.